The summed E-state index contributed by atoms with van der Waals surface area (Å²) in [6, 6.07) is 0.436. The van der Waals surface area contributed by atoms with E-state index in [0.717, 1.165) is 39.0 Å². The molecule has 3 N–H and O–H groups in total. The normalized spacial score (nSPS) is 41.6. The van der Waals surface area contributed by atoms with Gasteiger partial charge in [0.05, 0.1) is 18.8 Å². The van der Waals surface area contributed by atoms with Crippen LogP contribution in [0.3, 0.4) is 0 Å². The van der Waals surface area contributed by atoms with Gasteiger partial charge in [0.1, 0.15) is 6.23 Å². The molecule has 3 aliphatic heterocycles. The van der Waals surface area contributed by atoms with Crippen LogP contribution in [0, 0.1) is 5.92 Å². The van der Waals surface area contributed by atoms with E-state index in [-0.39, 0.29) is 12.1 Å². The number of fused-ring (bicyclic) bond motifs is 1. The quantitative estimate of drug-likeness (QED) is 0.664. The Morgan fingerprint density at radius 1 is 1.24 bits per heavy atom. The monoisotopic (exact) mass is 295 g/mol. The van der Waals surface area contributed by atoms with Gasteiger partial charge in [0.15, 0.2) is 0 Å². The lowest BCUT2D eigenvalue weighted by molar-refractivity contribution is -0.0388. The second-order valence-corrected chi connectivity index (χ2v) is 6.67. The molecule has 3 aliphatic rings. The summed E-state index contributed by atoms with van der Waals surface area (Å²) in [6.07, 6.45) is 9.89. The van der Waals surface area contributed by atoms with Gasteiger partial charge in [-0.1, -0.05) is 12.2 Å². The Kier molecular flexibility index (Phi) is 5.29. The van der Waals surface area contributed by atoms with Crippen molar-refractivity contribution in [2.45, 2.75) is 63.4 Å². The number of rotatable bonds is 2. The van der Waals surface area contributed by atoms with Gasteiger partial charge >= 0.3 is 0 Å². The number of ether oxygens (including phenoxy) is 1. The van der Waals surface area contributed by atoms with Gasteiger partial charge in [0, 0.05) is 25.0 Å². The van der Waals surface area contributed by atoms with E-state index >= 15 is 0 Å². The van der Waals surface area contributed by atoms with E-state index in [9.17, 15) is 5.11 Å². The van der Waals surface area contributed by atoms with Crippen LogP contribution in [0.5, 0.6) is 0 Å². The number of likely N-dealkylation sites (tertiary alicyclic amines) is 1. The average Bonchev–Trinajstić information content (AvgIpc) is 3.14. The zero-order chi connectivity index (χ0) is 14.7. The van der Waals surface area contributed by atoms with Crippen LogP contribution in [-0.4, -0.2) is 54.1 Å². The molecule has 0 amide bonds. The minimum Gasteiger partial charge on any atom is -0.378 e. The Bertz CT molecular complexity index is 357. The lowest BCUT2D eigenvalue weighted by Crippen LogP contribution is -2.51. The maximum absolute atomic E-state index is 10.7. The summed E-state index contributed by atoms with van der Waals surface area (Å²) in [6.45, 7) is 4.87. The van der Waals surface area contributed by atoms with E-state index in [1.807, 2.05) is 0 Å². The van der Waals surface area contributed by atoms with E-state index in [2.05, 4.69) is 34.8 Å². The Balaban J connectivity index is 1.66. The van der Waals surface area contributed by atoms with Gasteiger partial charge in [-0.2, -0.15) is 0 Å². The molecular weight excluding hydrogens is 266 g/mol. The first-order valence-electron chi connectivity index (χ1n) is 8.45. The van der Waals surface area contributed by atoms with Crippen molar-refractivity contribution in [3.05, 3.63) is 12.2 Å². The fourth-order valence-corrected chi connectivity index (χ4v) is 3.73. The molecule has 5 nitrogen and oxygen atoms in total. The highest BCUT2D eigenvalue weighted by atomic mass is 16.5. The highest BCUT2D eigenvalue weighted by molar-refractivity contribution is 4.97. The van der Waals surface area contributed by atoms with Crippen molar-refractivity contribution in [2.24, 2.45) is 5.92 Å². The van der Waals surface area contributed by atoms with Crippen LogP contribution < -0.4 is 10.9 Å². The summed E-state index contributed by atoms with van der Waals surface area (Å²) < 4.78 is 6.01. The Morgan fingerprint density at radius 3 is 2.86 bits per heavy atom. The molecule has 120 valence electrons. The van der Waals surface area contributed by atoms with Crippen LogP contribution in [0.25, 0.3) is 0 Å². The third-order valence-corrected chi connectivity index (χ3v) is 5.10. The number of nitrogens with one attached hydrogen (secondary N) is 2. The minimum absolute atomic E-state index is 0.0590. The summed E-state index contributed by atoms with van der Waals surface area (Å²) in [7, 11) is 0. The van der Waals surface area contributed by atoms with E-state index < -0.39 is 6.23 Å². The number of hydrogen-bond donors (Lipinski definition) is 3. The Morgan fingerprint density at radius 2 is 2.05 bits per heavy atom. The van der Waals surface area contributed by atoms with Crippen molar-refractivity contribution in [3.8, 4) is 0 Å². The topological polar surface area (TPSA) is 56.8 Å². The summed E-state index contributed by atoms with van der Waals surface area (Å²) in [5.74, 6) is 0.328. The molecule has 0 saturated carbocycles. The van der Waals surface area contributed by atoms with Gasteiger partial charge in [0.25, 0.3) is 0 Å². The Hall–Kier alpha value is -0.460. The van der Waals surface area contributed by atoms with Crippen LogP contribution in [0.2, 0.25) is 0 Å². The SMILES string of the molecule is CC1C/C=C\CCC2NNC(C(O)N3CCCC3)C2CO1. The van der Waals surface area contributed by atoms with Crippen LogP contribution in [0.1, 0.15) is 39.0 Å². The molecule has 0 spiro atoms. The van der Waals surface area contributed by atoms with E-state index in [1.165, 1.54) is 12.8 Å². The summed E-state index contributed by atoms with van der Waals surface area (Å²) in [5.41, 5.74) is 6.73. The van der Waals surface area contributed by atoms with Crippen molar-refractivity contribution >= 4 is 0 Å². The van der Waals surface area contributed by atoms with E-state index in [0.29, 0.717) is 12.0 Å². The average molecular weight is 295 g/mol. The summed E-state index contributed by atoms with van der Waals surface area (Å²) >= 11 is 0. The highest BCUT2D eigenvalue weighted by Crippen LogP contribution is 2.26. The number of nitrogens with zero attached hydrogens (tertiary/aromatic N) is 1. The predicted octanol–water partition coefficient (Wildman–Crippen LogP) is 1.01. The number of aliphatic hydroxyl groups is 1. The number of allylic oxidation sites excluding steroid dienone is 1. The van der Waals surface area contributed by atoms with Gasteiger partial charge in [0.2, 0.25) is 0 Å². The second kappa shape index (κ2) is 7.20. The smallest absolute Gasteiger partial charge is 0.124 e. The predicted molar refractivity (Wildman–Crippen MR) is 82.6 cm³/mol. The lowest BCUT2D eigenvalue weighted by atomic mass is 9.90. The molecule has 5 unspecified atom stereocenters. The summed E-state index contributed by atoms with van der Waals surface area (Å²) in [5, 5.41) is 10.7. The van der Waals surface area contributed by atoms with Crippen molar-refractivity contribution in [3.63, 3.8) is 0 Å². The lowest BCUT2D eigenvalue weighted by Gasteiger charge is -2.32. The molecule has 2 saturated heterocycles. The first-order valence-corrected chi connectivity index (χ1v) is 8.45. The van der Waals surface area contributed by atoms with Crippen molar-refractivity contribution in [2.75, 3.05) is 19.7 Å². The molecule has 3 rings (SSSR count). The van der Waals surface area contributed by atoms with Crippen LogP contribution in [0.4, 0.5) is 0 Å². The van der Waals surface area contributed by atoms with Crippen LogP contribution >= 0.6 is 0 Å². The molecule has 5 heteroatoms. The first kappa shape index (κ1) is 15.4. The molecule has 0 radical (unpaired) electrons. The first-order chi connectivity index (χ1) is 10.3. The molecule has 0 aromatic carbocycles. The van der Waals surface area contributed by atoms with Gasteiger partial charge in [-0.3, -0.25) is 15.8 Å². The number of hydrogen-bond acceptors (Lipinski definition) is 5. The largest absolute Gasteiger partial charge is 0.378 e. The standard InChI is InChI=1S/C16H29N3O2/c1-12-7-3-2-4-8-14-13(11-21-12)15(18-17-14)16(20)19-9-5-6-10-19/h2-3,12-18,20H,4-11H2,1H3/b3-2-. The fourth-order valence-electron chi connectivity index (χ4n) is 3.73. The molecule has 0 aliphatic carbocycles. The van der Waals surface area contributed by atoms with Gasteiger partial charge in [-0.15, -0.1) is 0 Å². The number of aliphatic hydroxyl groups excluding tert-OH is 1. The molecule has 0 bridgehead atoms. The number of hydrazine groups is 1. The second-order valence-electron chi connectivity index (χ2n) is 6.67. The van der Waals surface area contributed by atoms with Crippen molar-refractivity contribution < 1.29 is 9.84 Å². The molecule has 2 fully saturated rings. The summed E-state index contributed by atoms with van der Waals surface area (Å²) in [4.78, 5) is 2.20. The molecule has 0 aromatic rings. The minimum atomic E-state index is -0.410. The molecule has 21 heavy (non-hydrogen) atoms. The van der Waals surface area contributed by atoms with Crippen LogP contribution in [-0.2, 0) is 4.74 Å². The molecule has 0 aromatic heterocycles. The third-order valence-electron chi connectivity index (χ3n) is 5.10. The molecular formula is C16H29N3O2. The van der Waals surface area contributed by atoms with Crippen LogP contribution in [0.15, 0.2) is 12.2 Å². The van der Waals surface area contributed by atoms with Gasteiger partial charge in [-0.05, 0) is 39.0 Å². The van der Waals surface area contributed by atoms with E-state index in [1.54, 1.807) is 0 Å². The van der Waals surface area contributed by atoms with Gasteiger partial charge in [-0.25, -0.2) is 0 Å². The Labute approximate surface area is 127 Å². The maximum atomic E-state index is 10.7. The van der Waals surface area contributed by atoms with Crippen molar-refractivity contribution in [1.82, 2.24) is 15.8 Å². The fraction of sp³-hybridized carbons (Fsp3) is 0.875. The zero-order valence-corrected chi connectivity index (χ0v) is 13.0. The van der Waals surface area contributed by atoms with Crippen molar-refractivity contribution in [1.29, 1.82) is 0 Å². The third kappa shape index (κ3) is 3.66. The molecule has 3 heterocycles. The van der Waals surface area contributed by atoms with Gasteiger partial charge < -0.3 is 9.84 Å². The highest BCUT2D eigenvalue weighted by Gasteiger charge is 2.42. The molecule has 5 atom stereocenters. The van der Waals surface area contributed by atoms with E-state index in [4.69, 9.17) is 4.74 Å². The maximum Gasteiger partial charge on any atom is 0.124 e. The zero-order valence-electron chi connectivity index (χ0n) is 13.0.